The third kappa shape index (κ3) is 2.75. The Labute approximate surface area is 141 Å². The molecule has 0 bridgehead atoms. The molecular weight excluding hydrogens is 308 g/mol. The van der Waals surface area contributed by atoms with Crippen LogP contribution in [0.5, 0.6) is 0 Å². The Bertz CT molecular complexity index is 731. The van der Waals surface area contributed by atoms with Crippen molar-refractivity contribution in [3.63, 3.8) is 0 Å². The highest BCUT2D eigenvalue weighted by molar-refractivity contribution is 6.32. The van der Waals surface area contributed by atoms with Gasteiger partial charge in [0, 0.05) is 42.7 Å². The minimum atomic E-state index is 0.00603. The predicted molar refractivity (Wildman–Crippen MR) is 91.7 cm³/mol. The Morgan fingerprint density at radius 2 is 1.91 bits per heavy atom. The average Bonchev–Trinajstić information content (AvgIpc) is 2.90. The van der Waals surface area contributed by atoms with E-state index in [0.717, 1.165) is 42.3 Å². The fourth-order valence-corrected chi connectivity index (χ4v) is 4.21. The molecule has 23 heavy (non-hydrogen) atoms. The zero-order valence-corrected chi connectivity index (χ0v) is 13.6. The fraction of sp³-hybridized carbons (Fsp3) is 0.316. The van der Waals surface area contributed by atoms with Crippen LogP contribution in [-0.2, 0) is 6.54 Å². The van der Waals surface area contributed by atoms with Gasteiger partial charge in [0.1, 0.15) is 0 Å². The van der Waals surface area contributed by atoms with E-state index in [1.54, 1.807) is 0 Å². The summed E-state index contributed by atoms with van der Waals surface area (Å²) in [4.78, 5) is 14.7. The maximum absolute atomic E-state index is 12.3. The highest BCUT2D eigenvalue weighted by Gasteiger charge is 2.39. The first-order valence-electron chi connectivity index (χ1n) is 8.05. The number of amides is 1. The van der Waals surface area contributed by atoms with Gasteiger partial charge >= 0.3 is 0 Å². The largest absolute Gasteiger partial charge is 0.352 e. The standard InChI is InChI=1S/C19H19ClN2O/c20-17-8-4-7-15-18(17)16-12-22(10-13-5-2-1-3-6-13)11-14(16)9-21-19(15)23/h1-8,14,16H,9-12H2,(H,21,23)/t14-,16?/m0/s1. The second-order valence-corrected chi connectivity index (χ2v) is 6.86. The van der Waals surface area contributed by atoms with Crippen molar-refractivity contribution in [1.29, 1.82) is 0 Å². The second kappa shape index (κ2) is 5.99. The molecule has 0 radical (unpaired) electrons. The Morgan fingerprint density at radius 3 is 2.74 bits per heavy atom. The quantitative estimate of drug-likeness (QED) is 0.918. The number of nitrogens with one attached hydrogen (secondary N) is 1. The lowest BCUT2D eigenvalue weighted by Gasteiger charge is -2.18. The molecule has 3 nitrogen and oxygen atoms in total. The average molecular weight is 327 g/mol. The molecule has 4 rings (SSSR count). The third-order valence-electron chi connectivity index (χ3n) is 4.96. The maximum Gasteiger partial charge on any atom is 0.251 e. The molecule has 0 saturated carbocycles. The van der Waals surface area contributed by atoms with E-state index in [4.69, 9.17) is 11.6 Å². The molecule has 1 amide bonds. The van der Waals surface area contributed by atoms with E-state index in [0.29, 0.717) is 11.8 Å². The number of benzene rings is 2. The number of likely N-dealkylation sites (tertiary alicyclic amines) is 1. The minimum absolute atomic E-state index is 0.00603. The van der Waals surface area contributed by atoms with Gasteiger partial charge in [-0.1, -0.05) is 48.0 Å². The van der Waals surface area contributed by atoms with Crippen LogP contribution in [0.15, 0.2) is 48.5 Å². The highest BCUT2D eigenvalue weighted by atomic mass is 35.5. The number of fused-ring (bicyclic) bond motifs is 3. The van der Waals surface area contributed by atoms with Crippen molar-refractivity contribution in [1.82, 2.24) is 10.2 Å². The normalized spacial score (nSPS) is 23.8. The lowest BCUT2D eigenvalue weighted by molar-refractivity contribution is 0.0951. The molecule has 1 fully saturated rings. The van der Waals surface area contributed by atoms with Gasteiger partial charge in [-0.2, -0.15) is 0 Å². The number of nitrogens with zero attached hydrogens (tertiary/aromatic N) is 1. The van der Waals surface area contributed by atoms with E-state index in [9.17, 15) is 4.79 Å². The van der Waals surface area contributed by atoms with Gasteiger partial charge in [-0.05, 0) is 29.2 Å². The monoisotopic (exact) mass is 326 g/mol. The summed E-state index contributed by atoms with van der Waals surface area (Å²) in [5.41, 5.74) is 3.10. The van der Waals surface area contributed by atoms with Crippen molar-refractivity contribution in [3.05, 3.63) is 70.2 Å². The maximum atomic E-state index is 12.3. The van der Waals surface area contributed by atoms with Crippen molar-refractivity contribution in [2.45, 2.75) is 12.5 Å². The molecule has 0 aromatic heterocycles. The SMILES string of the molecule is O=C1NC[C@H]2CN(Cc3ccccc3)CC2c2c(Cl)cccc21. The molecule has 0 aliphatic carbocycles. The van der Waals surface area contributed by atoms with Gasteiger partial charge < -0.3 is 5.32 Å². The Balaban J connectivity index is 1.63. The molecule has 1 saturated heterocycles. The third-order valence-corrected chi connectivity index (χ3v) is 5.29. The van der Waals surface area contributed by atoms with Gasteiger partial charge in [-0.15, -0.1) is 0 Å². The van der Waals surface area contributed by atoms with Crippen LogP contribution >= 0.6 is 11.6 Å². The number of hydrogen-bond donors (Lipinski definition) is 1. The van der Waals surface area contributed by atoms with Crippen LogP contribution in [0.3, 0.4) is 0 Å². The Morgan fingerprint density at radius 1 is 1.09 bits per heavy atom. The second-order valence-electron chi connectivity index (χ2n) is 6.46. The van der Waals surface area contributed by atoms with Crippen molar-refractivity contribution in [3.8, 4) is 0 Å². The summed E-state index contributed by atoms with van der Waals surface area (Å²) in [6, 6.07) is 16.2. The minimum Gasteiger partial charge on any atom is -0.352 e. The van der Waals surface area contributed by atoms with E-state index in [1.807, 2.05) is 24.3 Å². The van der Waals surface area contributed by atoms with Crippen LogP contribution in [0.25, 0.3) is 0 Å². The number of rotatable bonds is 2. The van der Waals surface area contributed by atoms with Crippen LogP contribution < -0.4 is 5.32 Å². The Kier molecular flexibility index (Phi) is 3.83. The molecule has 118 valence electrons. The van der Waals surface area contributed by atoms with Crippen LogP contribution in [0, 0.1) is 5.92 Å². The smallest absolute Gasteiger partial charge is 0.251 e. The van der Waals surface area contributed by atoms with Crippen LogP contribution in [0.1, 0.15) is 27.4 Å². The topological polar surface area (TPSA) is 32.3 Å². The first-order valence-corrected chi connectivity index (χ1v) is 8.43. The van der Waals surface area contributed by atoms with Crippen molar-refractivity contribution in [2.75, 3.05) is 19.6 Å². The fourth-order valence-electron chi connectivity index (χ4n) is 3.90. The summed E-state index contributed by atoms with van der Waals surface area (Å²) in [6.07, 6.45) is 0. The highest BCUT2D eigenvalue weighted by Crippen LogP contribution is 2.40. The molecule has 2 heterocycles. The summed E-state index contributed by atoms with van der Waals surface area (Å²) >= 11 is 6.46. The molecular formula is C19H19ClN2O. The lowest BCUT2D eigenvalue weighted by atomic mass is 9.87. The number of hydrogen-bond acceptors (Lipinski definition) is 2. The van der Waals surface area contributed by atoms with Gasteiger partial charge in [-0.25, -0.2) is 0 Å². The molecule has 2 aliphatic rings. The summed E-state index contributed by atoms with van der Waals surface area (Å²) in [6.45, 7) is 3.61. The van der Waals surface area contributed by atoms with Crippen LogP contribution in [0.2, 0.25) is 5.02 Å². The molecule has 1 unspecified atom stereocenters. The zero-order valence-electron chi connectivity index (χ0n) is 12.8. The number of carbonyl (C=O) groups is 1. The summed E-state index contributed by atoms with van der Waals surface area (Å²) in [5.74, 6) is 0.747. The van der Waals surface area contributed by atoms with Crippen molar-refractivity contribution in [2.24, 2.45) is 5.92 Å². The predicted octanol–water partition coefficient (Wildman–Crippen LogP) is 3.30. The lowest BCUT2D eigenvalue weighted by Crippen LogP contribution is -2.29. The van der Waals surface area contributed by atoms with Gasteiger partial charge in [0.05, 0.1) is 0 Å². The van der Waals surface area contributed by atoms with Crippen molar-refractivity contribution >= 4 is 17.5 Å². The summed E-state index contributed by atoms with van der Waals surface area (Å²) < 4.78 is 0. The summed E-state index contributed by atoms with van der Waals surface area (Å²) in [5, 5.41) is 3.78. The number of carbonyl (C=O) groups excluding carboxylic acids is 1. The van der Waals surface area contributed by atoms with E-state index >= 15 is 0 Å². The molecule has 2 aliphatic heterocycles. The molecule has 2 atom stereocenters. The molecule has 1 N–H and O–H groups in total. The first-order chi connectivity index (χ1) is 11.2. The number of halogens is 1. The first kappa shape index (κ1) is 14.7. The van der Waals surface area contributed by atoms with Gasteiger partial charge in [0.15, 0.2) is 0 Å². The van der Waals surface area contributed by atoms with Gasteiger partial charge in [0.25, 0.3) is 5.91 Å². The molecule has 4 heteroatoms. The van der Waals surface area contributed by atoms with E-state index in [2.05, 4.69) is 34.5 Å². The molecule has 2 aromatic rings. The summed E-state index contributed by atoms with van der Waals surface area (Å²) in [7, 11) is 0. The van der Waals surface area contributed by atoms with E-state index in [-0.39, 0.29) is 5.91 Å². The van der Waals surface area contributed by atoms with Crippen LogP contribution in [0.4, 0.5) is 0 Å². The molecule has 2 aromatic carbocycles. The van der Waals surface area contributed by atoms with Crippen molar-refractivity contribution < 1.29 is 4.79 Å². The van der Waals surface area contributed by atoms with E-state index in [1.165, 1.54) is 5.56 Å². The van der Waals surface area contributed by atoms with Crippen LogP contribution in [-0.4, -0.2) is 30.4 Å². The molecule has 0 spiro atoms. The van der Waals surface area contributed by atoms with Gasteiger partial charge in [-0.3, -0.25) is 9.69 Å². The van der Waals surface area contributed by atoms with Gasteiger partial charge in [0.2, 0.25) is 0 Å². The Hall–Kier alpha value is -1.84. The van der Waals surface area contributed by atoms with E-state index < -0.39 is 0 Å². The zero-order chi connectivity index (χ0) is 15.8.